The predicted octanol–water partition coefficient (Wildman–Crippen LogP) is 3.30. The Morgan fingerprint density at radius 1 is 0.917 bits per heavy atom. The molecule has 2 aromatic carbocycles. The van der Waals surface area contributed by atoms with Gasteiger partial charge in [0, 0.05) is 23.5 Å². The maximum atomic E-state index is 13.2. The highest BCUT2D eigenvalue weighted by Crippen LogP contribution is 2.25. The first-order valence-corrected chi connectivity index (χ1v) is 7.64. The Morgan fingerprint density at radius 2 is 1.71 bits per heavy atom. The molecule has 116 valence electrons. The van der Waals surface area contributed by atoms with E-state index >= 15 is 0 Å². The van der Waals surface area contributed by atoms with Gasteiger partial charge in [-0.3, -0.25) is 9.78 Å². The lowest BCUT2D eigenvalue weighted by Gasteiger charge is -2.17. The van der Waals surface area contributed by atoms with E-state index in [2.05, 4.69) is 15.3 Å². The fourth-order valence-electron chi connectivity index (χ4n) is 2.78. The quantitative estimate of drug-likeness (QED) is 0.542. The highest BCUT2D eigenvalue weighted by atomic mass is 16.1. The number of pyridine rings is 1. The summed E-state index contributed by atoms with van der Waals surface area (Å²) >= 11 is 0. The molecule has 0 aliphatic rings. The zero-order valence-electron chi connectivity index (χ0n) is 12.8. The maximum absolute atomic E-state index is 13.2. The van der Waals surface area contributed by atoms with Crippen molar-refractivity contribution in [3.8, 4) is 0 Å². The van der Waals surface area contributed by atoms with Crippen LogP contribution in [0.25, 0.3) is 11.0 Å². The number of benzene rings is 2. The van der Waals surface area contributed by atoms with Crippen LogP contribution in [0.5, 0.6) is 0 Å². The fourth-order valence-corrected chi connectivity index (χ4v) is 2.78. The number of Topliss-reactive ketones (excluding diaryl/α,β-unsaturated/α-hetero) is 1. The molecule has 4 rings (SSSR count). The second kappa shape index (κ2) is 6.04. The normalized spacial score (nSPS) is 12.2. The summed E-state index contributed by atoms with van der Waals surface area (Å²) in [4.78, 5) is 17.3. The van der Waals surface area contributed by atoms with E-state index in [0.717, 1.165) is 16.6 Å². The largest absolute Gasteiger partial charge is 0.291 e. The fraction of sp³-hybridized carbons (Fsp3) is 0.0526. The highest BCUT2D eigenvalue weighted by molar-refractivity contribution is 6.01. The molecule has 0 saturated carbocycles. The summed E-state index contributed by atoms with van der Waals surface area (Å²) in [6.07, 6.45) is 3.38. The zero-order valence-corrected chi connectivity index (χ0v) is 12.8. The third kappa shape index (κ3) is 2.46. The van der Waals surface area contributed by atoms with Crippen molar-refractivity contribution in [2.75, 3.05) is 0 Å². The van der Waals surface area contributed by atoms with Crippen LogP contribution in [0, 0.1) is 0 Å². The molecule has 0 fully saturated rings. The molecule has 5 nitrogen and oxygen atoms in total. The zero-order chi connectivity index (χ0) is 16.4. The lowest BCUT2D eigenvalue weighted by molar-refractivity contribution is 0.0940. The Morgan fingerprint density at radius 3 is 2.50 bits per heavy atom. The van der Waals surface area contributed by atoms with Gasteiger partial charge in [-0.15, -0.1) is 5.10 Å². The SMILES string of the molecule is O=C(c1ccccc1)C(c1cccnc1)n1nnc2ccccc21. The van der Waals surface area contributed by atoms with Gasteiger partial charge < -0.3 is 0 Å². The molecule has 0 spiro atoms. The number of hydrogen-bond acceptors (Lipinski definition) is 4. The number of aromatic nitrogens is 4. The van der Waals surface area contributed by atoms with Crippen LogP contribution in [0.2, 0.25) is 0 Å². The molecular weight excluding hydrogens is 300 g/mol. The number of hydrogen-bond donors (Lipinski definition) is 0. The number of carbonyl (C=O) groups excluding carboxylic acids is 1. The van der Waals surface area contributed by atoms with Crippen molar-refractivity contribution in [3.05, 3.63) is 90.3 Å². The van der Waals surface area contributed by atoms with E-state index in [0.29, 0.717) is 5.56 Å². The van der Waals surface area contributed by atoms with E-state index in [1.807, 2.05) is 66.7 Å². The third-order valence-corrected chi connectivity index (χ3v) is 3.93. The Bertz CT molecular complexity index is 980. The Balaban J connectivity index is 1.90. The average molecular weight is 314 g/mol. The minimum atomic E-state index is -0.603. The van der Waals surface area contributed by atoms with E-state index in [9.17, 15) is 4.79 Å². The molecule has 24 heavy (non-hydrogen) atoms. The Labute approximate surface area is 138 Å². The van der Waals surface area contributed by atoms with Crippen molar-refractivity contribution in [2.45, 2.75) is 6.04 Å². The summed E-state index contributed by atoms with van der Waals surface area (Å²) in [5.74, 6) is -0.0424. The molecule has 0 aliphatic carbocycles. The molecule has 0 radical (unpaired) electrons. The lowest BCUT2D eigenvalue weighted by Crippen LogP contribution is -2.22. The monoisotopic (exact) mass is 314 g/mol. The first kappa shape index (κ1) is 14.3. The van der Waals surface area contributed by atoms with Crippen molar-refractivity contribution in [3.63, 3.8) is 0 Å². The van der Waals surface area contributed by atoms with E-state index < -0.39 is 6.04 Å². The molecule has 4 aromatic rings. The van der Waals surface area contributed by atoms with E-state index in [4.69, 9.17) is 0 Å². The van der Waals surface area contributed by atoms with Crippen LogP contribution in [0.3, 0.4) is 0 Å². The number of carbonyl (C=O) groups is 1. The molecule has 1 unspecified atom stereocenters. The van der Waals surface area contributed by atoms with Crippen LogP contribution < -0.4 is 0 Å². The van der Waals surface area contributed by atoms with Crippen LogP contribution in [0.4, 0.5) is 0 Å². The minimum absolute atomic E-state index is 0.0424. The van der Waals surface area contributed by atoms with E-state index in [1.165, 1.54) is 0 Å². The lowest BCUT2D eigenvalue weighted by atomic mass is 9.98. The molecule has 0 aliphatic heterocycles. The smallest absolute Gasteiger partial charge is 0.192 e. The topological polar surface area (TPSA) is 60.7 Å². The molecular formula is C19H14N4O. The molecule has 2 aromatic heterocycles. The van der Waals surface area contributed by atoms with Gasteiger partial charge >= 0.3 is 0 Å². The Hall–Kier alpha value is -3.34. The standard InChI is InChI=1S/C19H14N4O/c24-19(14-7-2-1-3-8-14)18(15-9-6-12-20-13-15)23-17-11-5-4-10-16(17)21-22-23/h1-13,18H. The average Bonchev–Trinajstić information content (AvgIpc) is 3.07. The Kier molecular flexibility index (Phi) is 3.59. The molecule has 2 heterocycles. The van der Waals surface area contributed by atoms with Gasteiger partial charge in [0.1, 0.15) is 11.6 Å². The molecule has 5 heteroatoms. The van der Waals surface area contributed by atoms with Gasteiger partial charge in [-0.25, -0.2) is 4.68 Å². The first-order valence-electron chi connectivity index (χ1n) is 7.64. The summed E-state index contributed by atoms with van der Waals surface area (Å²) in [5.41, 5.74) is 2.98. The minimum Gasteiger partial charge on any atom is -0.291 e. The van der Waals surface area contributed by atoms with Crippen molar-refractivity contribution in [2.24, 2.45) is 0 Å². The highest BCUT2D eigenvalue weighted by Gasteiger charge is 2.26. The summed E-state index contributed by atoms with van der Waals surface area (Å²) in [6.45, 7) is 0. The van der Waals surface area contributed by atoms with Crippen LogP contribution in [0.15, 0.2) is 79.1 Å². The van der Waals surface area contributed by atoms with Crippen molar-refractivity contribution in [1.82, 2.24) is 20.0 Å². The van der Waals surface area contributed by atoms with Gasteiger partial charge in [-0.05, 0) is 18.2 Å². The summed E-state index contributed by atoms with van der Waals surface area (Å²) in [7, 11) is 0. The number of fused-ring (bicyclic) bond motifs is 1. The van der Waals surface area contributed by atoms with Crippen LogP contribution in [-0.4, -0.2) is 25.8 Å². The molecule has 1 atom stereocenters. The summed E-state index contributed by atoms with van der Waals surface area (Å²) in [6, 6.07) is 19.9. The van der Waals surface area contributed by atoms with Crippen molar-refractivity contribution >= 4 is 16.8 Å². The molecule has 0 amide bonds. The van der Waals surface area contributed by atoms with Crippen molar-refractivity contribution < 1.29 is 4.79 Å². The third-order valence-electron chi connectivity index (χ3n) is 3.93. The van der Waals surface area contributed by atoms with Gasteiger partial charge in [0.15, 0.2) is 5.78 Å². The van der Waals surface area contributed by atoms with Gasteiger partial charge in [0.05, 0.1) is 5.52 Å². The summed E-state index contributed by atoms with van der Waals surface area (Å²) in [5, 5.41) is 8.42. The first-order chi connectivity index (χ1) is 11.8. The van der Waals surface area contributed by atoms with Gasteiger partial charge in [-0.2, -0.15) is 0 Å². The van der Waals surface area contributed by atoms with Gasteiger partial charge in [0.25, 0.3) is 0 Å². The number of ketones is 1. The number of rotatable bonds is 4. The summed E-state index contributed by atoms with van der Waals surface area (Å²) < 4.78 is 1.67. The van der Waals surface area contributed by atoms with Crippen LogP contribution in [-0.2, 0) is 0 Å². The van der Waals surface area contributed by atoms with Gasteiger partial charge in [0.2, 0.25) is 0 Å². The maximum Gasteiger partial charge on any atom is 0.192 e. The second-order valence-corrected chi connectivity index (χ2v) is 5.44. The second-order valence-electron chi connectivity index (χ2n) is 5.44. The van der Waals surface area contributed by atoms with Crippen molar-refractivity contribution in [1.29, 1.82) is 0 Å². The molecule has 0 N–H and O–H groups in total. The van der Waals surface area contributed by atoms with E-state index in [1.54, 1.807) is 17.1 Å². The van der Waals surface area contributed by atoms with Gasteiger partial charge in [-0.1, -0.05) is 53.7 Å². The van der Waals surface area contributed by atoms with Crippen LogP contribution in [0.1, 0.15) is 22.0 Å². The predicted molar refractivity (Wildman–Crippen MR) is 90.7 cm³/mol. The van der Waals surface area contributed by atoms with Crippen LogP contribution >= 0.6 is 0 Å². The van der Waals surface area contributed by atoms with E-state index in [-0.39, 0.29) is 5.78 Å². The molecule has 0 saturated heterocycles. The molecule has 0 bridgehead atoms. The number of para-hydroxylation sites is 1. The number of nitrogens with zero attached hydrogens (tertiary/aromatic N) is 4.